The van der Waals surface area contributed by atoms with Crippen LogP contribution in [0.15, 0.2) is 29.7 Å². The molecule has 1 aromatic carbocycles. The third-order valence-corrected chi connectivity index (χ3v) is 4.03. The Morgan fingerprint density at radius 2 is 2.32 bits per heavy atom. The van der Waals surface area contributed by atoms with Crippen molar-refractivity contribution in [2.24, 2.45) is 7.05 Å². The van der Waals surface area contributed by atoms with E-state index in [2.05, 4.69) is 25.5 Å². The molecule has 0 aliphatic carbocycles. The van der Waals surface area contributed by atoms with Gasteiger partial charge in [-0.25, -0.2) is 9.97 Å². The SMILES string of the molecule is Cc1nc(SCCNC(=O)c2ccc3c(c2)ncn3C)n[nH]1. The topological polar surface area (TPSA) is 88.5 Å². The largest absolute Gasteiger partial charge is 0.351 e. The number of aromatic nitrogens is 5. The van der Waals surface area contributed by atoms with Crippen molar-refractivity contribution in [1.29, 1.82) is 0 Å². The van der Waals surface area contributed by atoms with E-state index in [1.165, 1.54) is 11.8 Å². The summed E-state index contributed by atoms with van der Waals surface area (Å²) in [4.78, 5) is 20.6. The van der Waals surface area contributed by atoms with Crippen LogP contribution in [0.3, 0.4) is 0 Å². The number of carbonyl (C=O) groups excluding carboxylic acids is 1. The number of hydrogen-bond donors (Lipinski definition) is 2. The van der Waals surface area contributed by atoms with Crippen molar-refractivity contribution < 1.29 is 4.79 Å². The van der Waals surface area contributed by atoms with Crippen LogP contribution in [-0.2, 0) is 7.05 Å². The van der Waals surface area contributed by atoms with Gasteiger partial charge in [0.25, 0.3) is 5.91 Å². The van der Waals surface area contributed by atoms with E-state index in [4.69, 9.17) is 0 Å². The molecule has 0 unspecified atom stereocenters. The number of H-pyrrole nitrogens is 1. The number of rotatable bonds is 5. The standard InChI is InChI=1S/C14H16N6OS/c1-9-17-14(19-18-9)22-6-5-15-13(21)10-3-4-12-11(7-10)16-8-20(12)2/h3-4,7-8H,5-6H2,1-2H3,(H,15,21)(H,17,18,19). The van der Waals surface area contributed by atoms with Gasteiger partial charge in [-0.15, -0.1) is 5.10 Å². The number of thioether (sulfide) groups is 1. The lowest BCUT2D eigenvalue weighted by atomic mass is 10.2. The molecule has 1 amide bonds. The van der Waals surface area contributed by atoms with Crippen LogP contribution in [-0.4, -0.2) is 42.9 Å². The van der Waals surface area contributed by atoms with E-state index in [1.807, 2.05) is 30.7 Å². The Labute approximate surface area is 131 Å². The maximum atomic E-state index is 12.1. The van der Waals surface area contributed by atoms with Crippen LogP contribution in [0.2, 0.25) is 0 Å². The Hall–Kier alpha value is -2.35. The van der Waals surface area contributed by atoms with Gasteiger partial charge in [0.15, 0.2) is 0 Å². The normalized spacial score (nSPS) is 11.0. The minimum atomic E-state index is -0.0979. The fourth-order valence-electron chi connectivity index (χ4n) is 2.07. The first-order valence-electron chi connectivity index (χ1n) is 6.84. The van der Waals surface area contributed by atoms with Crippen molar-refractivity contribution in [2.45, 2.75) is 12.1 Å². The molecule has 0 saturated heterocycles. The molecular weight excluding hydrogens is 300 g/mol. The number of carbonyl (C=O) groups is 1. The number of aryl methyl sites for hydroxylation is 2. The lowest BCUT2D eigenvalue weighted by Gasteiger charge is -2.04. The summed E-state index contributed by atoms with van der Waals surface area (Å²) in [5, 5.41) is 10.4. The van der Waals surface area contributed by atoms with E-state index in [9.17, 15) is 4.79 Å². The molecule has 0 radical (unpaired) electrons. The predicted octanol–water partition coefficient (Wildman–Crippen LogP) is 1.52. The van der Waals surface area contributed by atoms with Crippen LogP contribution >= 0.6 is 11.8 Å². The number of benzene rings is 1. The molecule has 2 N–H and O–H groups in total. The lowest BCUT2D eigenvalue weighted by Crippen LogP contribution is -2.25. The van der Waals surface area contributed by atoms with Gasteiger partial charge in [0.1, 0.15) is 5.82 Å². The van der Waals surface area contributed by atoms with Crippen molar-refractivity contribution >= 4 is 28.7 Å². The predicted molar refractivity (Wildman–Crippen MR) is 84.9 cm³/mol. The van der Waals surface area contributed by atoms with Gasteiger partial charge in [-0.1, -0.05) is 11.8 Å². The second-order valence-electron chi connectivity index (χ2n) is 4.87. The summed E-state index contributed by atoms with van der Waals surface area (Å²) in [7, 11) is 1.93. The van der Waals surface area contributed by atoms with Crippen molar-refractivity contribution in [1.82, 2.24) is 30.0 Å². The maximum absolute atomic E-state index is 12.1. The average Bonchev–Trinajstić information content (AvgIpc) is 3.09. The van der Waals surface area contributed by atoms with Crippen molar-refractivity contribution in [3.63, 3.8) is 0 Å². The number of fused-ring (bicyclic) bond motifs is 1. The Morgan fingerprint density at radius 3 is 3.09 bits per heavy atom. The van der Waals surface area contributed by atoms with Crippen LogP contribution < -0.4 is 5.32 Å². The van der Waals surface area contributed by atoms with Crippen LogP contribution in [0, 0.1) is 6.92 Å². The Balaban J connectivity index is 1.54. The molecule has 0 saturated carbocycles. The van der Waals surface area contributed by atoms with Crippen LogP contribution in [0.1, 0.15) is 16.2 Å². The molecule has 0 fully saturated rings. The molecular formula is C14H16N6OS. The van der Waals surface area contributed by atoms with Gasteiger partial charge < -0.3 is 9.88 Å². The molecule has 3 rings (SSSR count). The van der Waals surface area contributed by atoms with Gasteiger partial charge >= 0.3 is 0 Å². The highest BCUT2D eigenvalue weighted by Gasteiger charge is 2.08. The Bertz CT molecular complexity index is 809. The number of nitrogens with one attached hydrogen (secondary N) is 2. The first kappa shape index (κ1) is 14.6. The van der Waals surface area contributed by atoms with Gasteiger partial charge in [-0.3, -0.25) is 9.89 Å². The minimum absolute atomic E-state index is 0.0979. The first-order valence-corrected chi connectivity index (χ1v) is 7.83. The summed E-state index contributed by atoms with van der Waals surface area (Å²) in [6.45, 7) is 2.41. The van der Waals surface area contributed by atoms with E-state index in [1.54, 1.807) is 12.4 Å². The molecule has 0 atom stereocenters. The summed E-state index contributed by atoms with van der Waals surface area (Å²) < 4.78 is 1.92. The third-order valence-electron chi connectivity index (χ3n) is 3.18. The van der Waals surface area contributed by atoms with Crippen LogP contribution in [0.4, 0.5) is 0 Å². The minimum Gasteiger partial charge on any atom is -0.351 e. The molecule has 0 aliphatic heterocycles. The van der Waals surface area contributed by atoms with Gasteiger partial charge in [-0.2, -0.15) is 0 Å². The first-order chi connectivity index (χ1) is 10.6. The lowest BCUT2D eigenvalue weighted by molar-refractivity contribution is 0.0956. The number of hydrogen-bond acceptors (Lipinski definition) is 5. The van der Waals surface area contributed by atoms with Gasteiger partial charge in [0.2, 0.25) is 5.16 Å². The molecule has 2 heterocycles. The van der Waals surface area contributed by atoms with E-state index >= 15 is 0 Å². The fraction of sp³-hybridized carbons (Fsp3) is 0.286. The molecule has 7 nitrogen and oxygen atoms in total. The second kappa shape index (κ2) is 6.18. The summed E-state index contributed by atoms with van der Waals surface area (Å²) >= 11 is 1.50. The number of amides is 1. The summed E-state index contributed by atoms with van der Waals surface area (Å²) in [6.07, 6.45) is 1.74. The number of nitrogens with zero attached hydrogens (tertiary/aromatic N) is 4. The summed E-state index contributed by atoms with van der Waals surface area (Å²) in [5.41, 5.74) is 2.44. The summed E-state index contributed by atoms with van der Waals surface area (Å²) in [6, 6.07) is 5.52. The van der Waals surface area contributed by atoms with E-state index in [-0.39, 0.29) is 5.91 Å². The van der Waals surface area contributed by atoms with E-state index < -0.39 is 0 Å². The van der Waals surface area contributed by atoms with E-state index in [0.717, 1.165) is 22.6 Å². The quantitative estimate of drug-likeness (QED) is 0.550. The van der Waals surface area contributed by atoms with Gasteiger partial charge in [0, 0.05) is 24.9 Å². The molecule has 0 aliphatic rings. The zero-order valence-electron chi connectivity index (χ0n) is 12.3. The molecule has 2 aromatic heterocycles. The van der Waals surface area contributed by atoms with Crippen molar-refractivity contribution in [2.75, 3.05) is 12.3 Å². The molecule has 22 heavy (non-hydrogen) atoms. The fourth-order valence-corrected chi connectivity index (χ4v) is 2.77. The Kier molecular flexibility index (Phi) is 4.10. The van der Waals surface area contributed by atoms with Crippen LogP contribution in [0.25, 0.3) is 11.0 Å². The zero-order chi connectivity index (χ0) is 15.5. The second-order valence-corrected chi connectivity index (χ2v) is 5.93. The van der Waals surface area contributed by atoms with Crippen molar-refractivity contribution in [3.05, 3.63) is 35.9 Å². The van der Waals surface area contributed by atoms with Crippen LogP contribution in [0.5, 0.6) is 0 Å². The average molecular weight is 316 g/mol. The monoisotopic (exact) mass is 316 g/mol. The van der Waals surface area contributed by atoms with Gasteiger partial charge in [-0.05, 0) is 25.1 Å². The zero-order valence-corrected chi connectivity index (χ0v) is 13.1. The summed E-state index contributed by atoms with van der Waals surface area (Å²) in [5.74, 6) is 1.41. The molecule has 3 aromatic rings. The molecule has 114 valence electrons. The maximum Gasteiger partial charge on any atom is 0.251 e. The highest BCUT2D eigenvalue weighted by atomic mass is 32.2. The molecule has 0 bridgehead atoms. The molecule has 8 heteroatoms. The third kappa shape index (κ3) is 3.11. The highest BCUT2D eigenvalue weighted by molar-refractivity contribution is 7.99. The smallest absolute Gasteiger partial charge is 0.251 e. The number of imidazole rings is 1. The van der Waals surface area contributed by atoms with Gasteiger partial charge in [0.05, 0.1) is 17.4 Å². The Morgan fingerprint density at radius 1 is 1.45 bits per heavy atom. The van der Waals surface area contributed by atoms with E-state index in [0.29, 0.717) is 17.3 Å². The number of aromatic amines is 1. The highest BCUT2D eigenvalue weighted by Crippen LogP contribution is 2.14. The van der Waals surface area contributed by atoms with Crippen molar-refractivity contribution in [3.8, 4) is 0 Å². The molecule has 0 spiro atoms.